The summed E-state index contributed by atoms with van der Waals surface area (Å²) in [7, 11) is 1.16. The van der Waals surface area contributed by atoms with Gasteiger partial charge in [-0.1, -0.05) is 42.5 Å². The molecule has 1 aliphatic heterocycles. The molecule has 9 heteroatoms. The van der Waals surface area contributed by atoms with Gasteiger partial charge in [-0.2, -0.15) is 0 Å². The largest absolute Gasteiger partial charge is 0.508 e. The summed E-state index contributed by atoms with van der Waals surface area (Å²) < 4.78 is 4.83. The maximum absolute atomic E-state index is 13.2. The second-order valence-corrected chi connectivity index (χ2v) is 7.13. The van der Waals surface area contributed by atoms with Crippen molar-refractivity contribution in [2.45, 2.75) is 31.5 Å². The van der Waals surface area contributed by atoms with Crippen molar-refractivity contribution >= 4 is 23.9 Å². The Morgan fingerprint density at radius 2 is 1.74 bits per heavy atom. The Bertz CT molecular complexity index is 992. The van der Waals surface area contributed by atoms with Gasteiger partial charge in [0.15, 0.2) is 0 Å². The van der Waals surface area contributed by atoms with Gasteiger partial charge in [-0.05, 0) is 23.3 Å². The number of aliphatic carboxylic acids is 1. The third-order valence-electron chi connectivity index (χ3n) is 5.04. The molecule has 2 aromatic rings. The first-order chi connectivity index (χ1) is 14.8. The normalized spacial score (nSPS) is 17.0. The zero-order valence-corrected chi connectivity index (χ0v) is 16.8. The smallest absolute Gasteiger partial charge is 0.329 e. The number of carboxylic acid groups (broad SMARTS) is 1. The maximum atomic E-state index is 13.2. The minimum atomic E-state index is -1.28. The van der Waals surface area contributed by atoms with Crippen molar-refractivity contribution in [1.82, 2.24) is 9.80 Å². The minimum Gasteiger partial charge on any atom is -0.508 e. The van der Waals surface area contributed by atoms with Crippen LogP contribution in [0, 0.1) is 0 Å². The molecule has 3 rings (SSSR count). The van der Waals surface area contributed by atoms with Crippen LogP contribution in [0.5, 0.6) is 5.75 Å². The first-order valence-corrected chi connectivity index (χ1v) is 9.57. The van der Waals surface area contributed by atoms with E-state index in [2.05, 4.69) is 0 Å². The molecule has 0 aromatic heterocycles. The third kappa shape index (κ3) is 4.82. The standard InChI is InChI=1S/C22H22N2O7/c1-31-21(29)18(11-14-6-3-2-4-7-14)24-20(28)17(12-19(26)27)23(22(24)30)13-15-8-5-9-16(25)10-15/h2-10,17-18,25H,11-13H2,1H3,(H,26,27)/t17-,18-/m0/s1. The number of methoxy groups -OCH3 is 1. The van der Waals surface area contributed by atoms with Gasteiger partial charge in [0.05, 0.1) is 13.5 Å². The molecule has 162 valence electrons. The number of rotatable bonds is 8. The van der Waals surface area contributed by atoms with Crippen LogP contribution in [-0.2, 0) is 32.1 Å². The van der Waals surface area contributed by atoms with Crippen LogP contribution in [0.2, 0.25) is 0 Å². The molecule has 1 aliphatic rings. The summed E-state index contributed by atoms with van der Waals surface area (Å²) in [5, 5.41) is 19.0. The lowest BCUT2D eigenvalue weighted by atomic mass is 10.0. The number of carbonyl (C=O) groups is 4. The zero-order valence-electron chi connectivity index (χ0n) is 16.8. The SMILES string of the molecule is COC(=O)[C@H](Cc1ccccc1)N1C(=O)[C@H](CC(=O)O)N(Cc2cccc(O)c2)C1=O. The summed E-state index contributed by atoms with van der Waals surface area (Å²) in [6.07, 6.45) is -0.579. The predicted octanol–water partition coefficient (Wildman–Crippen LogP) is 1.78. The molecule has 0 aliphatic carbocycles. The van der Waals surface area contributed by atoms with Gasteiger partial charge < -0.3 is 19.8 Å². The van der Waals surface area contributed by atoms with Crippen molar-refractivity contribution in [2.75, 3.05) is 7.11 Å². The van der Waals surface area contributed by atoms with Crippen molar-refractivity contribution in [1.29, 1.82) is 0 Å². The van der Waals surface area contributed by atoms with Crippen molar-refractivity contribution in [3.63, 3.8) is 0 Å². The fourth-order valence-electron chi connectivity index (χ4n) is 3.59. The first kappa shape index (κ1) is 21.8. The first-order valence-electron chi connectivity index (χ1n) is 9.57. The van der Waals surface area contributed by atoms with E-state index in [-0.39, 0.29) is 18.7 Å². The highest BCUT2D eigenvalue weighted by atomic mass is 16.5. The van der Waals surface area contributed by atoms with Crippen molar-refractivity contribution in [3.05, 3.63) is 65.7 Å². The quantitative estimate of drug-likeness (QED) is 0.487. The average molecular weight is 426 g/mol. The molecule has 0 radical (unpaired) electrons. The second-order valence-electron chi connectivity index (χ2n) is 7.13. The number of nitrogens with zero attached hydrogens (tertiary/aromatic N) is 2. The lowest BCUT2D eigenvalue weighted by molar-refractivity contribution is -0.150. The molecule has 0 saturated carbocycles. The Labute approximate surface area is 178 Å². The van der Waals surface area contributed by atoms with Gasteiger partial charge in [-0.25, -0.2) is 14.5 Å². The number of phenolic OH excluding ortho intramolecular Hbond substituents is 1. The molecule has 0 bridgehead atoms. The molecule has 1 saturated heterocycles. The molecule has 2 atom stereocenters. The molecule has 9 nitrogen and oxygen atoms in total. The third-order valence-corrected chi connectivity index (χ3v) is 5.04. The summed E-state index contributed by atoms with van der Waals surface area (Å²) >= 11 is 0. The van der Waals surface area contributed by atoms with E-state index in [0.717, 1.165) is 16.9 Å². The molecule has 3 amide bonds. The van der Waals surface area contributed by atoms with E-state index < -0.39 is 42.4 Å². The highest BCUT2D eigenvalue weighted by molar-refractivity contribution is 6.08. The fraction of sp³-hybridized carbons (Fsp3) is 0.273. The van der Waals surface area contributed by atoms with Crippen LogP contribution in [0.15, 0.2) is 54.6 Å². The Morgan fingerprint density at radius 1 is 1.06 bits per heavy atom. The van der Waals surface area contributed by atoms with E-state index >= 15 is 0 Å². The second kappa shape index (κ2) is 9.29. The molecule has 0 unspecified atom stereocenters. The number of ether oxygens (including phenoxy) is 1. The van der Waals surface area contributed by atoms with E-state index in [4.69, 9.17) is 4.74 Å². The molecular weight excluding hydrogens is 404 g/mol. The number of benzene rings is 2. The van der Waals surface area contributed by atoms with Gasteiger partial charge in [0.25, 0.3) is 5.91 Å². The number of urea groups is 1. The minimum absolute atomic E-state index is 0.0290. The number of phenols is 1. The van der Waals surface area contributed by atoms with E-state index in [9.17, 15) is 29.4 Å². The molecule has 31 heavy (non-hydrogen) atoms. The highest BCUT2D eigenvalue weighted by Crippen LogP contribution is 2.27. The van der Waals surface area contributed by atoms with E-state index in [0.29, 0.717) is 11.1 Å². The summed E-state index contributed by atoms with van der Waals surface area (Å²) in [6.45, 7) is -0.105. The van der Waals surface area contributed by atoms with Crippen molar-refractivity contribution < 1.29 is 34.1 Å². The van der Waals surface area contributed by atoms with E-state index in [1.54, 1.807) is 42.5 Å². The molecule has 2 N–H and O–H groups in total. The monoisotopic (exact) mass is 426 g/mol. The van der Waals surface area contributed by atoms with Crippen molar-refractivity contribution in [2.24, 2.45) is 0 Å². The number of hydrogen-bond acceptors (Lipinski definition) is 6. The van der Waals surface area contributed by atoms with Gasteiger partial charge in [0, 0.05) is 13.0 Å². The number of esters is 1. The molecule has 0 spiro atoms. The Morgan fingerprint density at radius 3 is 2.35 bits per heavy atom. The summed E-state index contributed by atoms with van der Waals surface area (Å²) in [5.74, 6) is -2.84. The van der Waals surface area contributed by atoms with Crippen LogP contribution in [0.1, 0.15) is 17.5 Å². The predicted molar refractivity (Wildman–Crippen MR) is 108 cm³/mol. The summed E-state index contributed by atoms with van der Waals surface area (Å²) in [6, 6.07) is 11.6. The van der Waals surface area contributed by atoms with Crippen LogP contribution < -0.4 is 0 Å². The van der Waals surface area contributed by atoms with Crippen LogP contribution in [0.25, 0.3) is 0 Å². The fourth-order valence-corrected chi connectivity index (χ4v) is 3.59. The number of amides is 3. The number of aromatic hydroxyl groups is 1. The van der Waals surface area contributed by atoms with Crippen LogP contribution in [0.3, 0.4) is 0 Å². The van der Waals surface area contributed by atoms with Gasteiger partial charge in [0.2, 0.25) is 0 Å². The van der Waals surface area contributed by atoms with Crippen LogP contribution in [0.4, 0.5) is 4.79 Å². The Kier molecular flexibility index (Phi) is 6.54. The maximum Gasteiger partial charge on any atom is 0.329 e. The molecule has 1 fully saturated rings. The average Bonchev–Trinajstić information content (AvgIpc) is 2.96. The van der Waals surface area contributed by atoms with E-state index in [1.165, 1.54) is 12.1 Å². The number of carbonyl (C=O) groups excluding carboxylic acids is 3. The van der Waals surface area contributed by atoms with Crippen molar-refractivity contribution in [3.8, 4) is 5.75 Å². The molecule has 2 aromatic carbocycles. The number of hydrogen-bond donors (Lipinski definition) is 2. The summed E-state index contributed by atoms with van der Waals surface area (Å²) in [5.41, 5.74) is 1.22. The Hall–Kier alpha value is -3.88. The highest BCUT2D eigenvalue weighted by Gasteiger charge is 2.50. The number of carboxylic acids is 1. The van der Waals surface area contributed by atoms with Crippen LogP contribution >= 0.6 is 0 Å². The van der Waals surface area contributed by atoms with Crippen LogP contribution in [-0.4, -0.2) is 63.1 Å². The summed E-state index contributed by atoms with van der Waals surface area (Å²) in [4.78, 5) is 52.1. The molecular formula is C22H22N2O7. The molecule has 1 heterocycles. The van der Waals surface area contributed by atoms with Gasteiger partial charge in [-0.3, -0.25) is 9.59 Å². The van der Waals surface area contributed by atoms with Gasteiger partial charge in [0.1, 0.15) is 17.8 Å². The zero-order chi connectivity index (χ0) is 22.5. The van der Waals surface area contributed by atoms with E-state index in [1.807, 2.05) is 0 Å². The topological polar surface area (TPSA) is 124 Å². The van der Waals surface area contributed by atoms with Gasteiger partial charge >= 0.3 is 18.0 Å². The van der Waals surface area contributed by atoms with Gasteiger partial charge in [-0.15, -0.1) is 0 Å². The lowest BCUT2D eigenvalue weighted by Gasteiger charge is -2.24. The Balaban J connectivity index is 1.95. The number of imide groups is 1. The lowest BCUT2D eigenvalue weighted by Crippen LogP contribution is -2.47.